The number of hydrogen-bond acceptors (Lipinski definition) is 3. The second-order valence-electron chi connectivity index (χ2n) is 15.2. The number of benzene rings is 10. The van der Waals surface area contributed by atoms with E-state index < -0.39 is 0 Å². The second-order valence-corrected chi connectivity index (χ2v) is 16.1. The van der Waals surface area contributed by atoms with Gasteiger partial charge in [0.1, 0.15) is 22.3 Å². The Labute approximate surface area is 330 Å². The van der Waals surface area contributed by atoms with E-state index in [1.165, 1.54) is 75.6 Å². The van der Waals surface area contributed by atoms with Crippen LogP contribution in [0.1, 0.15) is 0 Å². The summed E-state index contributed by atoms with van der Waals surface area (Å²) in [4.78, 5) is 0. The molecule has 0 N–H and O–H groups in total. The lowest BCUT2D eigenvalue weighted by Crippen LogP contribution is -1.91. The van der Waals surface area contributed by atoms with Crippen LogP contribution in [0.3, 0.4) is 0 Å². The molecule has 3 heteroatoms. The number of hydrogen-bond donors (Lipinski definition) is 0. The fraction of sp³-hybridized carbons (Fsp3) is 0. The molecule has 13 aromatic rings. The topological polar surface area (TPSA) is 26.3 Å². The van der Waals surface area contributed by atoms with Gasteiger partial charge in [-0.1, -0.05) is 133 Å². The molecule has 0 saturated carbocycles. The van der Waals surface area contributed by atoms with E-state index in [1.807, 2.05) is 0 Å². The summed E-state index contributed by atoms with van der Waals surface area (Å²) >= 11 is 1.80. The maximum atomic E-state index is 6.78. The zero-order valence-electron chi connectivity index (χ0n) is 30.5. The lowest BCUT2D eigenvalue weighted by Gasteiger charge is -2.18. The summed E-state index contributed by atoms with van der Waals surface area (Å²) in [6.07, 6.45) is 0. The van der Waals surface area contributed by atoms with Crippen LogP contribution >= 0.6 is 11.3 Å². The van der Waals surface area contributed by atoms with Crippen LogP contribution in [0.2, 0.25) is 0 Å². The highest BCUT2D eigenvalue weighted by molar-refractivity contribution is 7.17. The molecule has 0 spiro atoms. The van der Waals surface area contributed by atoms with Crippen LogP contribution in [0.4, 0.5) is 0 Å². The highest BCUT2D eigenvalue weighted by atomic mass is 32.1. The zero-order valence-corrected chi connectivity index (χ0v) is 31.4. The molecule has 0 atom stereocenters. The number of fused-ring (bicyclic) bond motifs is 12. The van der Waals surface area contributed by atoms with Gasteiger partial charge in [0.15, 0.2) is 0 Å². The van der Waals surface area contributed by atoms with Crippen molar-refractivity contribution >= 4 is 108 Å². The fourth-order valence-corrected chi connectivity index (χ4v) is 10.5. The van der Waals surface area contributed by atoms with Gasteiger partial charge in [-0.15, -0.1) is 11.3 Å². The molecule has 0 saturated heterocycles. The van der Waals surface area contributed by atoms with E-state index in [0.717, 1.165) is 54.8 Å². The number of rotatable bonds is 3. The first-order valence-electron chi connectivity index (χ1n) is 19.4. The Balaban J connectivity index is 1.02. The lowest BCUT2D eigenvalue weighted by molar-refractivity contribution is 0.669. The van der Waals surface area contributed by atoms with E-state index in [2.05, 4.69) is 181 Å². The summed E-state index contributed by atoms with van der Waals surface area (Å²) < 4.78 is 14.7. The Kier molecular flexibility index (Phi) is 6.35. The van der Waals surface area contributed by atoms with Crippen LogP contribution in [-0.2, 0) is 0 Å². The monoisotopic (exact) mass is 742 g/mol. The molecule has 10 aromatic carbocycles. The van der Waals surface area contributed by atoms with E-state index in [-0.39, 0.29) is 0 Å². The molecule has 0 unspecified atom stereocenters. The van der Waals surface area contributed by atoms with Gasteiger partial charge in [0, 0.05) is 42.6 Å². The quantitative estimate of drug-likeness (QED) is 0.169. The Bertz CT molecular complexity index is 3760. The molecule has 0 fully saturated rings. The summed E-state index contributed by atoms with van der Waals surface area (Å²) in [5.74, 6) is 0. The van der Waals surface area contributed by atoms with Crippen molar-refractivity contribution in [3.05, 3.63) is 181 Å². The van der Waals surface area contributed by atoms with Crippen molar-refractivity contribution in [3.63, 3.8) is 0 Å². The largest absolute Gasteiger partial charge is 0.456 e. The first-order chi connectivity index (χ1) is 28.2. The van der Waals surface area contributed by atoms with Gasteiger partial charge in [-0.05, 0) is 113 Å². The minimum atomic E-state index is 0.895. The van der Waals surface area contributed by atoms with Crippen molar-refractivity contribution in [2.75, 3.05) is 0 Å². The molecule has 3 aromatic heterocycles. The lowest BCUT2D eigenvalue weighted by atomic mass is 9.85. The van der Waals surface area contributed by atoms with Crippen molar-refractivity contribution in [1.29, 1.82) is 0 Å². The Morgan fingerprint density at radius 1 is 0.333 bits per heavy atom. The molecule has 0 aliphatic rings. The van der Waals surface area contributed by atoms with Crippen molar-refractivity contribution in [2.24, 2.45) is 0 Å². The Morgan fingerprint density at radius 2 is 0.982 bits per heavy atom. The van der Waals surface area contributed by atoms with Gasteiger partial charge in [-0.3, -0.25) is 0 Å². The minimum absolute atomic E-state index is 0.895. The first kappa shape index (κ1) is 31.1. The molecule has 57 heavy (non-hydrogen) atoms. The van der Waals surface area contributed by atoms with Gasteiger partial charge in [-0.25, -0.2) is 0 Å². The molecule has 0 bridgehead atoms. The van der Waals surface area contributed by atoms with Crippen molar-refractivity contribution in [1.82, 2.24) is 0 Å². The molecule has 0 aliphatic carbocycles. The van der Waals surface area contributed by atoms with E-state index in [9.17, 15) is 0 Å². The van der Waals surface area contributed by atoms with Crippen LogP contribution in [0, 0.1) is 0 Å². The average molecular weight is 743 g/mol. The highest BCUT2D eigenvalue weighted by Crippen LogP contribution is 2.48. The van der Waals surface area contributed by atoms with Gasteiger partial charge in [0.05, 0.1) is 0 Å². The minimum Gasteiger partial charge on any atom is -0.456 e. The summed E-state index contributed by atoms with van der Waals surface area (Å²) in [7, 11) is 0. The zero-order chi connectivity index (χ0) is 37.2. The molecule has 3 heterocycles. The fourth-order valence-electron chi connectivity index (χ4n) is 9.52. The predicted molar refractivity (Wildman–Crippen MR) is 243 cm³/mol. The molecule has 264 valence electrons. The van der Waals surface area contributed by atoms with Gasteiger partial charge in [0.2, 0.25) is 0 Å². The third-order valence-electron chi connectivity index (χ3n) is 12.1. The smallest absolute Gasteiger partial charge is 0.143 e. The van der Waals surface area contributed by atoms with Crippen molar-refractivity contribution in [3.8, 4) is 33.4 Å². The average Bonchev–Trinajstić information content (AvgIpc) is 3.97. The molecule has 13 rings (SSSR count). The molecule has 0 aliphatic heterocycles. The van der Waals surface area contributed by atoms with Crippen LogP contribution in [0.5, 0.6) is 0 Å². The Hall–Kier alpha value is -7.20. The Morgan fingerprint density at radius 3 is 1.79 bits per heavy atom. The highest BCUT2D eigenvalue weighted by Gasteiger charge is 2.22. The molecule has 0 amide bonds. The van der Waals surface area contributed by atoms with Gasteiger partial charge in [0.25, 0.3) is 0 Å². The van der Waals surface area contributed by atoms with E-state index in [4.69, 9.17) is 8.83 Å². The van der Waals surface area contributed by atoms with E-state index >= 15 is 0 Å². The van der Waals surface area contributed by atoms with Crippen LogP contribution < -0.4 is 0 Å². The summed E-state index contributed by atoms with van der Waals surface area (Å²) in [6, 6.07) is 63.8. The normalized spacial score (nSPS) is 12.2. The third-order valence-corrected chi connectivity index (χ3v) is 13.0. The van der Waals surface area contributed by atoms with Gasteiger partial charge < -0.3 is 8.83 Å². The molecule has 2 nitrogen and oxygen atoms in total. The number of furan rings is 2. The molecular formula is C54H30O2S. The molecule has 0 radical (unpaired) electrons. The molecular weight excluding hydrogens is 713 g/mol. The van der Waals surface area contributed by atoms with Crippen LogP contribution in [-0.4, -0.2) is 0 Å². The van der Waals surface area contributed by atoms with E-state index in [0.29, 0.717) is 0 Å². The SMILES string of the molecule is c1ccc2cc(-c3csc4cc5c(cc34)oc3cc(-c4c6ccccc6c(-c6cccc7oc8c9ccccc9ccc8c67)c6ccccc46)ccc35)ccc2c1. The maximum absolute atomic E-state index is 6.78. The standard InChI is InChI=1S/C54H30O2S/c1-2-12-33-26-34(21-20-31(33)10-1)46-30-57-50-29-44-37-24-23-35(27-48(37)55-49(44)28-45(46)50)51-38-14-5-7-16-40(38)52(41-17-8-6-15-39(41)51)42-18-9-19-47-53(42)43-25-22-32-11-3-4-13-36(32)54(43)56-47/h1-30H. The second kappa shape index (κ2) is 11.7. The predicted octanol–water partition coefficient (Wildman–Crippen LogP) is 16.3. The summed E-state index contributed by atoms with van der Waals surface area (Å²) in [5.41, 5.74) is 10.9. The number of thiophene rings is 1. The van der Waals surface area contributed by atoms with Crippen molar-refractivity contribution in [2.45, 2.75) is 0 Å². The van der Waals surface area contributed by atoms with E-state index in [1.54, 1.807) is 11.3 Å². The van der Waals surface area contributed by atoms with Crippen LogP contribution in [0.15, 0.2) is 190 Å². The first-order valence-corrected chi connectivity index (χ1v) is 20.3. The van der Waals surface area contributed by atoms with Crippen molar-refractivity contribution < 1.29 is 8.83 Å². The summed E-state index contributed by atoms with van der Waals surface area (Å²) in [5, 5.41) is 17.7. The maximum Gasteiger partial charge on any atom is 0.143 e. The van der Waals surface area contributed by atoms with Crippen LogP contribution in [0.25, 0.3) is 130 Å². The summed E-state index contributed by atoms with van der Waals surface area (Å²) in [6.45, 7) is 0. The third kappa shape index (κ3) is 4.46. The van der Waals surface area contributed by atoms with Gasteiger partial charge >= 0.3 is 0 Å². The van der Waals surface area contributed by atoms with Gasteiger partial charge in [-0.2, -0.15) is 0 Å².